The molecule has 3 aromatic rings. The first-order valence-electron chi connectivity index (χ1n) is 7.41. The van der Waals surface area contributed by atoms with Crippen LogP contribution in [0.15, 0.2) is 40.3 Å². The predicted molar refractivity (Wildman–Crippen MR) is 99.7 cm³/mol. The van der Waals surface area contributed by atoms with E-state index in [4.69, 9.17) is 27.7 Å². The highest BCUT2D eigenvalue weighted by Gasteiger charge is 2.23. The number of imidazole rings is 1. The monoisotopic (exact) mass is 429 g/mol. The maximum atomic E-state index is 12.5. The first-order valence-corrected chi connectivity index (χ1v) is 9.65. The summed E-state index contributed by atoms with van der Waals surface area (Å²) in [4.78, 5) is 16.0. The molecule has 2 heterocycles. The normalized spacial score (nSPS) is 11.4. The van der Waals surface area contributed by atoms with Gasteiger partial charge in [0.05, 0.1) is 23.2 Å². The molecule has 0 saturated heterocycles. The fourth-order valence-electron chi connectivity index (χ4n) is 2.16. The number of hydrogen-bond acceptors (Lipinski definition) is 6. The minimum atomic E-state index is -4.08. The Morgan fingerprint density at radius 1 is 1.30 bits per heavy atom. The molecular weight excluding hydrogens is 417 g/mol. The number of carbonyl (C=O) groups excluding carboxylic acids is 1. The van der Waals surface area contributed by atoms with Gasteiger partial charge < -0.3 is 14.4 Å². The van der Waals surface area contributed by atoms with Gasteiger partial charge in [0.2, 0.25) is 5.03 Å². The van der Waals surface area contributed by atoms with E-state index in [1.54, 1.807) is 14.0 Å². The van der Waals surface area contributed by atoms with E-state index in [2.05, 4.69) is 20.2 Å². The maximum Gasteiger partial charge on any atom is 0.282 e. The molecule has 0 spiro atoms. The summed E-state index contributed by atoms with van der Waals surface area (Å²) in [7, 11) is -2.52. The van der Waals surface area contributed by atoms with E-state index in [0.717, 1.165) is 0 Å². The molecule has 2 aromatic heterocycles. The fourth-order valence-corrected chi connectivity index (χ4v) is 3.89. The number of amides is 1. The lowest BCUT2D eigenvalue weighted by molar-refractivity contribution is 0.102. The van der Waals surface area contributed by atoms with Crippen LogP contribution in [0.5, 0.6) is 0 Å². The summed E-state index contributed by atoms with van der Waals surface area (Å²) in [5.41, 5.74) is 0.625. The van der Waals surface area contributed by atoms with Gasteiger partial charge in [0.25, 0.3) is 15.9 Å². The second kappa shape index (κ2) is 7.22. The van der Waals surface area contributed by atoms with Crippen molar-refractivity contribution in [2.45, 2.75) is 11.9 Å². The lowest BCUT2D eigenvalue weighted by Gasteiger charge is -2.11. The van der Waals surface area contributed by atoms with Crippen molar-refractivity contribution in [3.63, 3.8) is 0 Å². The van der Waals surface area contributed by atoms with E-state index in [9.17, 15) is 13.2 Å². The highest BCUT2D eigenvalue weighted by atomic mass is 35.5. The van der Waals surface area contributed by atoms with Crippen LogP contribution in [-0.4, -0.2) is 29.0 Å². The molecule has 9 nitrogen and oxygen atoms in total. The van der Waals surface area contributed by atoms with Crippen LogP contribution < -0.4 is 10.0 Å². The second-order valence-corrected chi connectivity index (χ2v) is 7.86. The number of nitrogens with one attached hydrogen (secondary N) is 2. The Kier molecular flexibility index (Phi) is 5.13. The third-order valence-electron chi connectivity index (χ3n) is 3.55. The van der Waals surface area contributed by atoms with Gasteiger partial charge in [-0.05, 0) is 25.1 Å². The van der Waals surface area contributed by atoms with Crippen LogP contribution >= 0.6 is 23.2 Å². The van der Waals surface area contributed by atoms with Gasteiger partial charge in [0.1, 0.15) is 16.5 Å². The third-order valence-corrected chi connectivity index (χ3v) is 5.74. The average molecular weight is 430 g/mol. The van der Waals surface area contributed by atoms with Crippen LogP contribution in [0.4, 0.5) is 11.4 Å². The van der Waals surface area contributed by atoms with Gasteiger partial charge >= 0.3 is 0 Å². The fraction of sp³-hybridized carbons (Fsp3) is 0.133. The van der Waals surface area contributed by atoms with Gasteiger partial charge in [-0.2, -0.15) is 8.42 Å². The zero-order valence-electron chi connectivity index (χ0n) is 14.0. The molecule has 12 heteroatoms. The first kappa shape index (κ1) is 19.2. The molecular formula is C15H13Cl2N5O4S. The Hall–Kier alpha value is -2.56. The molecule has 0 saturated carbocycles. The molecule has 0 bridgehead atoms. The number of aryl methyl sites for hydroxylation is 2. The Balaban J connectivity index is 1.86. The van der Waals surface area contributed by atoms with Crippen molar-refractivity contribution < 1.29 is 17.7 Å². The van der Waals surface area contributed by atoms with Crippen molar-refractivity contribution >= 4 is 50.5 Å². The number of sulfonamides is 1. The number of nitrogens with zero attached hydrogens (tertiary/aromatic N) is 3. The quantitative estimate of drug-likeness (QED) is 0.642. The number of halogens is 2. The summed E-state index contributed by atoms with van der Waals surface area (Å²) in [6.07, 6.45) is 2.56. The Bertz CT molecular complexity index is 1120. The summed E-state index contributed by atoms with van der Waals surface area (Å²) in [5.74, 6) is -0.107. The van der Waals surface area contributed by atoms with E-state index in [1.807, 2.05) is 0 Å². The van der Waals surface area contributed by atoms with E-state index >= 15 is 0 Å². The van der Waals surface area contributed by atoms with E-state index in [-0.39, 0.29) is 26.5 Å². The Morgan fingerprint density at radius 3 is 2.63 bits per heavy atom. The summed E-state index contributed by atoms with van der Waals surface area (Å²) >= 11 is 12.0. The van der Waals surface area contributed by atoms with Gasteiger partial charge in [-0.15, -0.1) is 0 Å². The predicted octanol–water partition coefficient (Wildman–Crippen LogP) is 3.08. The molecule has 0 aliphatic heterocycles. The van der Waals surface area contributed by atoms with Crippen molar-refractivity contribution in [2.75, 3.05) is 10.0 Å². The van der Waals surface area contributed by atoms with Gasteiger partial charge in [-0.25, -0.2) is 4.98 Å². The summed E-state index contributed by atoms with van der Waals surface area (Å²) in [6, 6.07) is 4.33. The molecule has 2 N–H and O–H groups in total. The van der Waals surface area contributed by atoms with Crippen molar-refractivity contribution in [3.05, 3.63) is 52.2 Å². The minimum absolute atomic E-state index is 0.0500. The molecule has 0 fully saturated rings. The van der Waals surface area contributed by atoms with E-state index < -0.39 is 15.9 Å². The molecule has 0 aliphatic rings. The zero-order chi connectivity index (χ0) is 19.8. The van der Waals surface area contributed by atoms with Crippen LogP contribution in [0, 0.1) is 6.92 Å². The SMILES string of the molecule is Cc1oncc1C(=O)Nc1ccc(Cl)c(NS(=O)(=O)c2ncn(C)c2Cl)c1. The van der Waals surface area contributed by atoms with Gasteiger partial charge in [0, 0.05) is 12.7 Å². The van der Waals surface area contributed by atoms with Crippen molar-refractivity contribution in [1.82, 2.24) is 14.7 Å². The highest BCUT2D eigenvalue weighted by Crippen LogP contribution is 2.29. The summed E-state index contributed by atoms with van der Waals surface area (Å²) in [6.45, 7) is 1.60. The summed E-state index contributed by atoms with van der Waals surface area (Å²) < 4.78 is 33.6. The summed E-state index contributed by atoms with van der Waals surface area (Å²) in [5, 5.41) is 5.90. The number of rotatable bonds is 5. The standard InChI is InChI=1S/C15H13Cl2N5O4S/c1-8-10(6-19-26-8)14(23)20-9-3-4-11(16)12(5-9)21-27(24,25)15-13(17)22(2)7-18-15/h3-7,21H,1-2H3,(H,20,23). The van der Waals surface area contributed by atoms with Crippen LogP contribution in [0.1, 0.15) is 16.1 Å². The van der Waals surface area contributed by atoms with Crippen molar-refractivity contribution in [2.24, 2.45) is 7.05 Å². The molecule has 3 rings (SSSR count). The van der Waals surface area contributed by atoms with E-state index in [0.29, 0.717) is 11.4 Å². The Labute approximate surface area is 164 Å². The Morgan fingerprint density at radius 2 is 2.04 bits per heavy atom. The average Bonchev–Trinajstić information content (AvgIpc) is 3.17. The van der Waals surface area contributed by atoms with Crippen LogP contribution in [0.25, 0.3) is 0 Å². The number of carbonyl (C=O) groups is 1. The topological polar surface area (TPSA) is 119 Å². The smallest absolute Gasteiger partial charge is 0.282 e. The molecule has 142 valence electrons. The largest absolute Gasteiger partial charge is 0.361 e. The second-order valence-electron chi connectivity index (χ2n) is 5.50. The van der Waals surface area contributed by atoms with Crippen molar-refractivity contribution in [1.29, 1.82) is 0 Å². The molecule has 1 amide bonds. The molecule has 0 aliphatic carbocycles. The lowest BCUT2D eigenvalue weighted by Crippen LogP contribution is -2.15. The third kappa shape index (κ3) is 3.92. The van der Waals surface area contributed by atoms with Crippen LogP contribution in [0.3, 0.4) is 0 Å². The van der Waals surface area contributed by atoms with Gasteiger partial charge in [-0.3, -0.25) is 9.52 Å². The first-order chi connectivity index (χ1) is 12.7. The highest BCUT2D eigenvalue weighted by molar-refractivity contribution is 7.92. The number of hydrogen-bond donors (Lipinski definition) is 2. The van der Waals surface area contributed by atoms with Crippen molar-refractivity contribution in [3.8, 4) is 0 Å². The molecule has 27 heavy (non-hydrogen) atoms. The molecule has 0 unspecified atom stereocenters. The molecule has 1 aromatic carbocycles. The number of benzene rings is 1. The zero-order valence-corrected chi connectivity index (χ0v) is 16.4. The lowest BCUT2D eigenvalue weighted by atomic mass is 10.2. The van der Waals surface area contributed by atoms with E-state index in [1.165, 1.54) is 35.3 Å². The number of aromatic nitrogens is 3. The minimum Gasteiger partial charge on any atom is -0.361 e. The molecule has 0 radical (unpaired) electrons. The number of anilines is 2. The van der Waals surface area contributed by atoms with Gasteiger partial charge in [-0.1, -0.05) is 28.4 Å². The van der Waals surface area contributed by atoms with Crippen LogP contribution in [0.2, 0.25) is 10.2 Å². The molecule has 0 atom stereocenters. The maximum absolute atomic E-state index is 12.5. The van der Waals surface area contributed by atoms with Crippen LogP contribution in [-0.2, 0) is 17.1 Å². The van der Waals surface area contributed by atoms with Gasteiger partial charge in [0.15, 0.2) is 0 Å².